The van der Waals surface area contributed by atoms with Gasteiger partial charge in [-0.1, -0.05) is 4.68 Å². The van der Waals surface area contributed by atoms with Crippen LogP contribution in [0, 0.1) is 11.3 Å². The van der Waals surface area contributed by atoms with Crippen LogP contribution < -0.4 is 32.8 Å². The lowest BCUT2D eigenvalue weighted by atomic mass is 10.0. The molecule has 0 saturated heterocycles. The lowest BCUT2D eigenvalue weighted by molar-refractivity contribution is -0.730. The number of fused-ring (bicyclic) bond motifs is 1. The van der Waals surface area contributed by atoms with Gasteiger partial charge in [0.25, 0.3) is 5.91 Å². The molecule has 0 radical (unpaired) electrons. The Morgan fingerprint density at radius 2 is 1.97 bits per heavy atom. The van der Waals surface area contributed by atoms with Crippen molar-refractivity contribution in [2.24, 2.45) is 12.8 Å². The zero-order chi connectivity index (χ0) is 23.2. The van der Waals surface area contributed by atoms with Crippen molar-refractivity contribution in [2.75, 3.05) is 16.8 Å². The van der Waals surface area contributed by atoms with Gasteiger partial charge in [-0.15, -0.1) is 11.3 Å². The highest BCUT2D eigenvalue weighted by molar-refractivity contribution is 7.21. The lowest BCUT2D eigenvalue weighted by Gasteiger charge is -2.06. The molecule has 0 fully saturated rings. The summed E-state index contributed by atoms with van der Waals surface area (Å²) in [5.41, 5.74) is 17.5. The number of amides is 2. The van der Waals surface area contributed by atoms with Crippen molar-refractivity contribution in [1.82, 2.24) is 10.3 Å². The highest BCUT2D eigenvalue weighted by atomic mass is 32.1. The smallest absolute Gasteiger partial charge is 0.397 e. The number of H-pyrrole nitrogens is 1. The fourth-order valence-electron chi connectivity index (χ4n) is 3.21. The summed E-state index contributed by atoms with van der Waals surface area (Å²) < 4.78 is 6.07. The first-order valence-electron chi connectivity index (χ1n) is 8.93. The molecule has 3 heterocycles. The van der Waals surface area contributed by atoms with Crippen LogP contribution in [0.3, 0.4) is 0 Å². The first-order chi connectivity index (χ1) is 15.2. The number of anilines is 3. The molecular formula is C19H15N8O4S+. The van der Waals surface area contributed by atoms with Crippen molar-refractivity contribution < 1.29 is 18.8 Å². The summed E-state index contributed by atoms with van der Waals surface area (Å²) in [4.78, 5) is 41.0. The zero-order valence-corrected chi connectivity index (χ0v) is 17.2. The van der Waals surface area contributed by atoms with Crippen molar-refractivity contribution in [3.63, 3.8) is 0 Å². The van der Waals surface area contributed by atoms with E-state index in [0.717, 1.165) is 11.3 Å². The second-order valence-electron chi connectivity index (χ2n) is 6.67. The summed E-state index contributed by atoms with van der Waals surface area (Å²) in [7, 11) is 1.51. The molecule has 0 spiro atoms. The predicted octanol–water partition coefficient (Wildman–Crippen LogP) is 0.456. The van der Waals surface area contributed by atoms with E-state index in [1.54, 1.807) is 0 Å². The van der Waals surface area contributed by atoms with Crippen LogP contribution in [0.4, 0.5) is 17.2 Å². The molecule has 8 N–H and O–H groups in total. The number of nitrogen functional groups attached to an aromatic ring is 2. The van der Waals surface area contributed by atoms with Gasteiger partial charge in [-0.2, -0.15) is 5.26 Å². The van der Waals surface area contributed by atoms with Gasteiger partial charge in [0.05, 0.1) is 16.6 Å². The Morgan fingerprint density at radius 3 is 2.53 bits per heavy atom. The highest BCUT2D eigenvalue weighted by Crippen LogP contribution is 2.41. The van der Waals surface area contributed by atoms with Crippen LogP contribution in [0.25, 0.3) is 21.5 Å². The molecule has 0 bridgehead atoms. The number of nitrogens with two attached hydrogens (primary N) is 3. The Kier molecular flexibility index (Phi) is 4.84. The molecule has 4 rings (SSSR count). The standard InChI is InChI=1S/C19H14N8O4S/c1-27-13(19(30)31-26-27)10-9(6-20)15(22)25-18-11(10)12(21)14(32-18)17(29)24-8-4-2-7(3-5-8)16(23)28/h2-5H,1H3,(H7-,21,22,23,24,25,26,28,29,30)/p+1. The predicted molar refractivity (Wildman–Crippen MR) is 116 cm³/mol. The Balaban J connectivity index is 1.86. The maximum absolute atomic E-state index is 12.9. The van der Waals surface area contributed by atoms with Crippen LogP contribution in [-0.4, -0.2) is 22.1 Å². The number of pyridine rings is 1. The van der Waals surface area contributed by atoms with Crippen LogP contribution in [-0.2, 0) is 7.05 Å². The van der Waals surface area contributed by atoms with E-state index in [-0.39, 0.29) is 49.0 Å². The molecular weight excluding hydrogens is 436 g/mol. The van der Waals surface area contributed by atoms with Crippen molar-refractivity contribution in [1.29, 1.82) is 5.26 Å². The van der Waals surface area contributed by atoms with E-state index in [9.17, 15) is 19.6 Å². The zero-order valence-electron chi connectivity index (χ0n) is 16.4. The molecule has 0 unspecified atom stereocenters. The number of nitriles is 1. The van der Waals surface area contributed by atoms with Gasteiger partial charge in [0.1, 0.15) is 27.2 Å². The SMILES string of the molecule is C[n+]1[nH]oc(=O)c1-c1c(C#N)c(N)nc2sc(C(=O)Nc3ccc(C(N)=O)cc3)c(N)c12. The quantitative estimate of drug-likeness (QED) is 0.274. The van der Waals surface area contributed by atoms with Gasteiger partial charge < -0.3 is 22.5 Å². The molecule has 1 aromatic carbocycles. The molecule has 3 aromatic heterocycles. The number of thiophene rings is 1. The van der Waals surface area contributed by atoms with E-state index < -0.39 is 17.4 Å². The summed E-state index contributed by atoms with van der Waals surface area (Å²) in [6.07, 6.45) is 0. The Labute approximate surface area is 182 Å². The van der Waals surface area contributed by atoms with Gasteiger partial charge in [0, 0.05) is 11.3 Å². The van der Waals surface area contributed by atoms with Crippen molar-refractivity contribution in [2.45, 2.75) is 0 Å². The van der Waals surface area contributed by atoms with Gasteiger partial charge in [-0.25, -0.2) is 9.78 Å². The fourth-order valence-corrected chi connectivity index (χ4v) is 4.21. The first-order valence-corrected chi connectivity index (χ1v) is 9.75. The molecule has 32 heavy (non-hydrogen) atoms. The van der Waals surface area contributed by atoms with Gasteiger partial charge in [0.15, 0.2) is 7.05 Å². The molecule has 0 aliphatic rings. The number of nitrogens with one attached hydrogen (secondary N) is 2. The summed E-state index contributed by atoms with van der Waals surface area (Å²) in [6.45, 7) is 0. The number of rotatable bonds is 4. The number of carbonyl (C=O) groups is 2. The second-order valence-corrected chi connectivity index (χ2v) is 7.67. The molecule has 0 atom stereocenters. The number of nitrogens with zero attached hydrogens (tertiary/aromatic N) is 3. The van der Waals surface area contributed by atoms with Crippen molar-refractivity contribution >= 4 is 50.6 Å². The van der Waals surface area contributed by atoms with Crippen LogP contribution in [0.1, 0.15) is 25.6 Å². The monoisotopic (exact) mass is 451 g/mol. The minimum absolute atomic E-state index is 0.000788. The van der Waals surface area contributed by atoms with Crippen LogP contribution in [0.5, 0.6) is 0 Å². The second kappa shape index (κ2) is 7.52. The third-order valence-corrected chi connectivity index (χ3v) is 5.79. The molecule has 0 aliphatic carbocycles. The third-order valence-electron chi connectivity index (χ3n) is 4.69. The molecule has 13 heteroatoms. The number of benzene rings is 1. The number of hydrogen-bond acceptors (Lipinski definition) is 9. The number of primary amides is 1. The van der Waals surface area contributed by atoms with E-state index >= 15 is 0 Å². The normalized spacial score (nSPS) is 10.8. The molecule has 4 aromatic rings. The first kappa shape index (κ1) is 20.6. The maximum atomic E-state index is 12.9. The average Bonchev–Trinajstić information content (AvgIpc) is 3.26. The average molecular weight is 451 g/mol. The molecule has 160 valence electrons. The van der Waals surface area contributed by atoms with Crippen molar-refractivity contribution in [3.05, 3.63) is 50.7 Å². The molecule has 0 aliphatic heterocycles. The molecule has 12 nitrogen and oxygen atoms in total. The van der Waals surface area contributed by atoms with Gasteiger partial charge in [0.2, 0.25) is 5.91 Å². The van der Waals surface area contributed by atoms with E-state index in [1.807, 2.05) is 6.07 Å². The molecule has 2 amide bonds. The summed E-state index contributed by atoms with van der Waals surface area (Å²) in [5, 5.41) is 14.9. The number of carbonyl (C=O) groups excluding carboxylic acids is 2. The number of aromatic amines is 1. The van der Waals surface area contributed by atoms with Crippen LogP contribution in [0.15, 0.2) is 33.6 Å². The third kappa shape index (κ3) is 3.20. The maximum Gasteiger partial charge on any atom is 0.435 e. The van der Waals surface area contributed by atoms with E-state index in [1.165, 1.54) is 36.0 Å². The lowest BCUT2D eigenvalue weighted by Crippen LogP contribution is -2.34. The van der Waals surface area contributed by atoms with E-state index in [2.05, 4.69) is 15.6 Å². The highest BCUT2D eigenvalue weighted by Gasteiger charge is 2.32. The minimum Gasteiger partial charge on any atom is -0.397 e. The van der Waals surface area contributed by atoms with Crippen LogP contribution in [0.2, 0.25) is 0 Å². The minimum atomic E-state index is -0.748. The van der Waals surface area contributed by atoms with Gasteiger partial charge >= 0.3 is 11.3 Å². The summed E-state index contributed by atoms with van der Waals surface area (Å²) >= 11 is 0.952. The Morgan fingerprint density at radius 1 is 1.28 bits per heavy atom. The summed E-state index contributed by atoms with van der Waals surface area (Å²) in [6, 6.07) is 7.90. The number of aromatic nitrogens is 3. The fraction of sp³-hybridized carbons (Fsp3) is 0.0526. The van der Waals surface area contributed by atoms with E-state index in [0.29, 0.717) is 5.69 Å². The largest absolute Gasteiger partial charge is 0.435 e. The summed E-state index contributed by atoms with van der Waals surface area (Å²) in [5.74, 6) is -1.26. The number of hydrogen-bond donors (Lipinski definition) is 5. The number of aryl methyl sites for hydroxylation is 1. The van der Waals surface area contributed by atoms with Gasteiger partial charge in [-0.05, 0) is 29.5 Å². The molecule has 0 saturated carbocycles. The van der Waals surface area contributed by atoms with Crippen molar-refractivity contribution in [3.8, 4) is 17.3 Å². The Hall–Kier alpha value is -4.70. The van der Waals surface area contributed by atoms with E-state index in [4.69, 9.17) is 21.7 Å². The topological polar surface area (TPSA) is 211 Å². The Bertz CT molecular complexity index is 1510. The van der Waals surface area contributed by atoms with Crippen LogP contribution >= 0.6 is 11.3 Å². The van der Waals surface area contributed by atoms with Gasteiger partial charge in [-0.3, -0.25) is 14.1 Å².